The average molecular weight is 316 g/mol. The van der Waals surface area contributed by atoms with Gasteiger partial charge in [-0.2, -0.15) is 13.2 Å². The minimum Gasteiger partial charge on any atom is -0.466 e. The van der Waals surface area contributed by atoms with Crippen molar-refractivity contribution >= 4 is 5.97 Å². The van der Waals surface area contributed by atoms with Crippen LogP contribution in [-0.2, 0) is 14.9 Å². The van der Waals surface area contributed by atoms with Gasteiger partial charge in [0.25, 0.3) is 0 Å². The zero-order valence-electron chi connectivity index (χ0n) is 13.6. The van der Waals surface area contributed by atoms with Crippen molar-refractivity contribution in [1.29, 1.82) is 0 Å². The number of carbonyl (C=O) groups is 1. The molecule has 0 spiro atoms. The fourth-order valence-corrected chi connectivity index (χ4v) is 2.24. The first-order valence-electron chi connectivity index (χ1n) is 7.32. The highest BCUT2D eigenvalue weighted by Crippen LogP contribution is 2.38. The minimum atomic E-state index is -4.46. The van der Waals surface area contributed by atoms with E-state index in [0.29, 0.717) is 5.56 Å². The number of hydrogen-bond donors (Lipinski definition) is 0. The molecular weight excluding hydrogens is 293 g/mol. The number of esters is 1. The Hall–Kier alpha value is -1.52. The number of ether oxygens (including phenoxy) is 1. The van der Waals surface area contributed by atoms with Gasteiger partial charge in [0.2, 0.25) is 0 Å². The van der Waals surface area contributed by atoms with Crippen LogP contribution in [0.1, 0.15) is 51.7 Å². The zero-order chi connectivity index (χ0) is 17.1. The molecule has 0 aromatic heterocycles. The summed E-state index contributed by atoms with van der Waals surface area (Å²) in [6, 6.07) is 6.71. The van der Waals surface area contributed by atoms with Gasteiger partial charge in [0.05, 0.1) is 18.4 Å². The van der Waals surface area contributed by atoms with Gasteiger partial charge in [-0.25, -0.2) is 0 Å². The normalized spacial score (nSPS) is 15.3. The summed E-state index contributed by atoms with van der Waals surface area (Å²) in [7, 11) is 0. The van der Waals surface area contributed by atoms with E-state index in [1.165, 1.54) is 0 Å². The van der Waals surface area contributed by atoms with Crippen molar-refractivity contribution in [2.24, 2.45) is 5.92 Å². The van der Waals surface area contributed by atoms with Crippen molar-refractivity contribution in [3.05, 3.63) is 35.4 Å². The summed E-state index contributed by atoms with van der Waals surface area (Å²) in [5.74, 6) is -3.98. The molecule has 0 aliphatic heterocycles. The van der Waals surface area contributed by atoms with Gasteiger partial charge in [-0.05, 0) is 23.5 Å². The largest absolute Gasteiger partial charge is 0.466 e. The van der Waals surface area contributed by atoms with Crippen LogP contribution in [-0.4, -0.2) is 18.8 Å². The Morgan fingerprint density at radius 3 is 2.00 bits per heavy atom. The predicted octanol–water partition coefficient (Wildman–Crippen LogP) is 4.83. The zero-order valence-corrected chi connectivity index (χ0v) is 13.6. The van der Waals surface area contributed by atoms with Crippen molar-refractivity contribution in [1.82, 2.24) is 0 Å². The lowest BCUT2D eigenvalue weighted by Crippen LogP contribution is -2.32. The van der Waals surface area contributed by atoms with Crippen molar-refractivity contribution < 1.29 is 22.7 Å². The molecule has 124 valence electrons. The molecule has 0 saturated carbocycles. The molecule has 0 aliphatic rings. The number of benzene rings is 1. The number of hydrogen-bond acceptors (Lipinski definition) is 2. The van der Waals surface area contributed by atoms with Gasteiger partial charge in [-0.15, -0.1) is 0 Å². The fourth-order valence-electron chi connectivity index (χ4n) is 2.24. The summed E-state index contributed by atoms with van der Waals surface area (Å²) in [4.78, 5) is 12.0. The highest BCUT2D eigenvalue weighted by atomic mass is 19.4. The average Bonchev–Trinajstić information content (AvgIpc) is 2.37. The van der Waals surface area contributed by atoms with E-state index in [1.54, 1.807) is 31.2 Å². The second kappa shape index (κ2) is 6.71. The maximum absolute atomic E-state index is 13.0. The molecule has 0 aliphatic carbocycles. The molecule has 0 unspecified atom stereocenters. The van der Waals surface area contributed by atoms with Gasteiger partial charge in [-0.1, -0.05) is 52.0 Å². The minimum absolute atomic E-state index is 0.0555. The van der Waals surface area contributed by atoms with E-state index >= 15 is 0 Å². The monoisotopic (exact) mass is 316 g/mol. The summed E-state index contributed by atoms with van der Waals surface area (Å²) in [6.45, 7) is 8.70. The first-order chi connectivity index (χ1) is 9.98. The lowest BCUT2D eigenvalue weighted by atomic mass is 9.82. The van der Waals surface area contributed by atoms with Crippen LogP contribution in [0.4, 0.5) is 13.2 Å². The molecule has 22 heavy (non-hydrogen) atoms. The summed E-state index contributed by atoms with van der Waals surface area (Å²) in [5, 5.41) is 0. The Bertz CT molecular complexity index is 498. The topological polar surface area (TPSA) is 26.3 Å². The first kappa shape index (κ1) is 18.5. The third-order valence-electron chi connectivity index (χ3n) is 3.69. The highest BCUT2D eigenvalue weighted by molar-refractivity contribution is 5.78. The molecule has 2 atom stereocenters. The Labute approximate surface area is 129 Å². The van der Waals surface area contributed by atoms with Gasteiger partial charge in [-0.3, -0.25) is 4.79 Å². The molecule has 1 aromatic rings. The van der Waals surface area contributed by atoms with Crippen LogP contribution < -0.4 is 0 Å². The molecule has 0 bridgehead atoms. The predicted molar refractivity (Wildman–Crippen MR) is 79.7 cm³/mol. The molecule has 1 rings (SSSR count). The summed E-state index contributed by atoms with van der Waals surface area (Å²) < 4.78 is 44.0. The van der Waals surface area contributed by atoms with Crippen LogP contribution in [0, 0.1) is 5.92 Å². The van der Waals surface area contributed by atoms with E-state index in [4.69, 9.17) is 4.74 Å². The van der Waals surface area contributed by atoms with E-state index in [9.17, 15) is 18.0 Å². The van der Waals surface area contributed by atoms with Crippen LogP contribution in [0.3, 0.4) is 0 Å². The molecule has 0 heterocycles. The Morgan fingerprint density at radius 1 is 1.14 bits per heavy atom. The van der Waals surface area contributed by atoms with E-state index < -0.39 is 24.0 Å². The third kappa shape index (κ3) is 4.49. The molecule has 0 saturated heterocycles. The second-order valence-corrected chi connectivity index (χ2v) is 6.43. The quantitative estimate of drug-likeness (QED) is 0.744. The molecule has 1 aromatic carbocycles. The van der Waals surface area contributed by atoms with E-state index in [2.05, 4.69) is 0 Å². The van der Waals surface area contributed by atoms with Crippen LogP contribution >= 0.6 is 0 Å². The standard InChI is InChI=1S/C17H23F3O2/c1-6-22-15(21)14(11(2)17(18,19)20)12-7-9-13(10-8-12)16(3,4)5/h7-11,14H,6H2,1-5H3/t11-,14+/m1/s1. The van der Waals surface area contributed by atoms with Crippen LogP contribution in [0.15, 0.2) is 24.3 Å². The van der Waals surface area contributed by atoms with Crippen molar-refractivity contribution in [2.45, 2.75) is 52.1 Å². The molecule has 5 heteroatoms. The fraction of sp³-hybridized carbons (Fsp3) is 0.588. The Balaban J connectivity index is 3.19. The molecule has 2 nitrogen and oxygen atoms in total. The second-order valence-electron chi connectivity index (χ2n) is 6.43. The SMILES string of the molecule is CCOC(=O)[C@H](c1ccc(C(C)(C)C)cc1)[C@@H](C)C(F)(F)F. The van der Waals surface area contributed by atoms with E-state index in [1.807, 2.05) is 20.8 Å². The molecule has 0 fully saturated rings. The van der Waals surface area contributed by atoms with Gasteiger partial charge in [0.15, 0.2) is 0 Å². The van der Waals surface area contributed by atoms with Gasteiger partial charge < -0.3 is 4.74 Å². The molecule has 0 amide bonds. The lowest BCUT2D eigenvalue weighted by molar-refractivity contribution is -0.185. The van der Waals surface area contributed by atoms with E-state index in [-0.39, 0.29) is 12.0 Å². The maximum atomic E-state index is 13.0. The third-order valence-corrected chi connectivity index (χ3v) is 3.69. The van der Waals surface area contributed by atoms with Crippen LogP contribution in [0.2, 0.25) is 0 Å². The molecule has 0 radical (unpaired) electrons. The van der Waals surface area contributed by atoms with E-state index in [0.717, 1.165) is 12.5 Å². The first-order valence-corrected chi connectivity index (χ1v) is 7.32. The van der Waals surface area contributed by atoms with Gasteiger partial charge in [0.1, 0.15) is 0 Å². The van der Waals surface area contributed by atoms with Crippen molar-refractivity contribution in [2.75, 3.05) is 6.61 Å². The summed E-state index contributed by atoms with van der Waals surface area (Å²) in [5.41, 5.74) is 1.22. The van der Waals surface area contributed by atoms with Crippen molar-refractivity contribution in [3.63, 3.8) is 0 Å². The summed E-state index contributed by atoms with van der Waals surface area (Å²) >= 11 is 0. The number of rotatable bonds is 4. The van der Waals surface area contributed by atoms with Crippen LogP contribution in [0.5, 0.6) is 0 Å². The lowest BCUT2D eigenvalue weighted by Gasteiger charge is -2.26. The van der Waals surface area contributed by atoms with Gasteiger partial charge in [0, 0.05) is 0 Å². The Morgan fingerprint density at radius 2 is 1.64 bits per heavy atom. The highest BCUT2D eigenvalue weighted by Gasteiger charge is 2.45. The number of carbonyl (C=O) groups excluding carboxylic acids is 1. The maximum Gasteiger partial charge on any atom is 0.392 e. The summed E-state index contributed by atoms with van der Waals surface area (Å²) in [6.07, 6.45) is -4.46. The number of alkyl halides is 3. The molecule has 0 N–H and O–H groups in total. The number of halogens is 3. The van der Waals surface area contributed by atoms with Crippen LogP contribution in [0.25, 0.3) is 0 Å². The Kier molecular flexibility index (Phi) is 5.65. The van der Waals surface area contributed by atoms with Gasteiger partial charge >= 0.3 is 12.1 Å². The van der Waals surface area contributed by atoms with Crippen molar-refractivity contribution in [3.8, 4) is 0 Å². The molecular formula is C17H23F3O2. The smallest absolute Gasteiger partial charge is 0.392 e.